The minimum Gasteiger partial charge on any atom is -0.480 e. The Labute approximate surface area is 191 Å². The highest BCUT2D eigenvalue weighted by Crippen LogP contribution is 2.33. The van der Waals surface area contributed by atoms with Crippen molar-refractivity contribution < 1.29 is 42.6 Å². The number of halogens is 3. The molecule has 3 amide bonds. The molecule has 10 nitrogen and oxygen atoms in total. The van der Waals surface area contributed by atoms with Gasteiger partial charge in [0.25, 0.3) is 0 Å². The summed E-state index contributed by atoms with van der Waals surface area (Å²) in [6, 6.07) is 7.80. The molecule has 1 aromatic heterocycles. The number of alkyl halides is 3. The van der Waals surface area contributed by atoms with Gasteiger partial charge in [0.15, 0.2) is 0 Å². The lowest BCUT2D eigenvalue weighted by Crippen LogP contribution is -2.49. The third-order valence-corrected chi connectivity index (χ3v) is 5.64. The first kappa shape index (κ1) is 25.0. The Morgan fingerprint density at radius 3 is 2.26 bits per heavy atom. The molecule has 34 heavy (non-hydrogen) atoms. The van der Waals surface area contributed by atoms with E-state index in [1.807, 2.05) is 35.4 Å². The van der Waals surface area contributed by atoms with Crippen LogP contribution in [0, 0.1) is 0 Å². The summed E-state index contributed by atoms with van der Waals surface area (Å²) in [7, 11) is 0. The number of hydrogen-bond acceptors (Lipinski definition) is 5. The van der Waals surface area contributed by atoms with E-state index in [9.17, 15) is 27.6 Å². The van der Waals surface area contributed by atoms with E-state index >= 15 is 0 Å². The predicted octanol–water partition coefficient (Wildman–Crippen LogP) is 2.44. The highest BCUT2D eigenvalue weighted by atomic mass is 19.4. The van der Waals surface area contributed by atoms with Gasteiger partial charge < -0.3 is 14.8 Å². The van der Waals surface area contributed by atoms with E-state index in [0.717, 1.165) is 42.5 Å². The van der Waals surface area contributed by atoms with Crippen molar-refractivity contribution in [1.82, 2.24) is 14.8 Å². The average molecular weight is 484 g/mol. The molecule has 2 saturated heterocycles. The number of carboxylic acid groups (broad SMARTS) is 2. The summed E-state index contributed by atoms with van der Waals surface area (Å²) in [5.41, 5.74) is 1.86. The summed E-state index contributed by atoms with van der Waals surface area (Å²) >= 11 is 0. The van der Waals surface area contributed by atoms with Gasteiger partial charge in [0.05, 0.1) is 17.7 Å². The zero-order valence-corrected chi connectivity index (χ0v) is 17.9. The first-order valence-electron chi connectivity index (χ1n) is 10.4. The quantitative estimate of drug-likeness (QED) is 0.607. The molecule has 0 aliphatic carbocycles. The topological polar surface area (TPSA) is 132 Å². The van der Waals surface area contributed by atoms with E-state index in [-0.39, 0.29) is 18.5 Å². The number of carbonyl (C=O) groups is 4. The summed E-state index contributed by atoms with van der Waals surface area (Å²) < 4.78 is 34.0. The van der Waals surface area contributed by atoms with Gasteiger partial charge in [0, 0.05) is 43.7 Å². The lowest BCUT2D eigenvalue weighted by Gasteiger charge is -2.32. The van der Waals surface area contributed by atoms with E-state index < -0.39 is 18.1 Å². The maximum Gasteiger partial charge on any atom is 0.490 e. The molecule has 3 heterocycles. The van der Waals surface area contributed by atoms with E-state index in [0.29, 0.717) is 19.0 Å². The summed E-state index contributed by atoms with van der Waals surface area (Å²) in [4.78, 5) is 47.0. The molecule has 0 unspecified atom stereocenters. The number of anilines is 1. The Morgan fingerprint density at radius 2 is 1.71 bits per heavy atom. The summed E-state index contributed by atoms with van der Waals surface area (Å²) in [6.07, 6.45) is -0.969. The van der Waals surface area contributed by atoms with Gasteiger partial charge in [-0.2, -0.15) is 13.2 Å². The Morgan fingerprint density at radius 1 is 1.06 bits per heavy atom. The van der Waals surface area contributed by atoms with Crippen LogP contribution in [-0.2, 0) is 14.4 Å². The van der Waals surface area contributed by atoms with Gasteiger partial charge in [0.2, 0.25) is 5.91 Å². The van der Waals surface area contributed by atoms with Crippen molar-refractivity contribution in [3.8, 4) is 0 Å². The number of fused-ring (bicyclic) bond motifs is 1. The van der Waals surface area contributed by atoms with Crippen molar-refractivity contribution >= 4 is 40.5 Å². The van der Waals surface area contributed by atoms with E-state index in [1.54, 1.807) is 4.90 Å². The maximum absolute atomic E-state index is 12.2. The maximum atomic E-state index is 12.2. The van der Waals surface area contributed by atoms with E-state index in [2.05, 4.69) is 9.88 Å². The van der Waals surface area contributed by atoms with Crippen LogP contribution in [-0.4, -0.2) is 75.9 Å². The molecular formula is C21H23F3N4O6. The molecule has 4 rings (SSSR count). The second kappa shape index (κ2) is 10.1. The van der Waals surface area contributed by atoms with Crippen molar-refractivity contribution in [2.45, 2.75) is 31.5 Å². The van der Waals surface area contributed by atoms with Gasteiger partial charge in [0.1, 0.15) is 0 Å². The first-order chi connectivity index (χ1) is 16.0. The highest BCUT2D eigenvalue weighted by molar-refractivity contribution is 6.09. The summed E-state index contributed by atoms with van der Waals surface area (Å²) in [5, 5.41) is 19.4. The standard InChI is InChI=1S/C19H22N4O4.C2HF3O2/c24-17-7-11-23(19(27)20-17)16-3-1-2-15-14(16)6-10-22(15)13-4-8-21(9-5-13)12-18(25)26;3-2(4,5)1(6)7/h1-3,6,10,13H,4-5,7-9,11-12H2,(H,25,26)(H,20,24,27);(H,6,7). The molecule has 0 bridgehead atoms. The molecule has 184 valence electrons. The van der Waals surface area contributed by atoms with Gasteiger partial charge in [-0.1, -0.05) is 6.07 Å². The number of nitrogens with zero attached hydrogens (tertiary/aromatic N) is 3. The molecule has 3 N–H and O–H groups in total. The number of urea groups is 1. The monoisotopic (exact) mass is 484 g/mol. The lowest BCUT2D eigenvalue weighted by atomic mass is 10.0. The van der Waals surface area contributed by atoms with E-state index in [1.165, 1.54) is 0 Å². The minimum absolute atomic E-state index is 0.0894. The Kier molecular flexibility index (Phi) is 7.44. The average Bonchev–Trinajstić information content (AvgIpc) is 3.18. The van der Waals surface area contributed by atoms with Gasteiger partial charge in [-0.15, -0.1) is 0 Å². The van der Waals surface area contributed by atoms with Crippen LogP contribution in [0.25, 0.3) is 10.9 Å². The second-order valence-corrected chi connectivity index (χ2v) is 7.89. The van der Waals surface area contributed by atoms with Crippen molar-refractivity contribution in [1.29, 1.82) is 0 Å². The molecule has 2 fully saturated rings. The SMILES string of the molecule is O=C(O)C(F)(F)F.O=C(O)CN1CCC(n2ccc3c(N4CCC(=O)NC4=O)cccc32)CC1. The molecule has 1 aromatic carbocycles. The smallest absolute Gasteiger partial charge is 0.480 e. The third-order valence-electron chi connectivity index (χ3n) is 5.64. The number of rotatable bonds is 4. The van der Waals surface area contributed by atoms with Crippen molar-refractivity contribution in [3.05, 3.63) is 30.5 Å². The largest absolute Gasteiger partial charge is 0.490 e. The summed E-state index contributed by atoms with van der Waals surface area (Å²) in [6.45, 7) is 1.98. The number of likely N-dealkylation sites (tertiary alicyclic amines) is 1. The molecule has 2 aliphatic heterocycles. The fraction of sp³-hybridized carbons (Fsp3) is 0.429. The highest BCUT2D eigenvalue weighted by Gasteiger charge is 2.38. The molecule has 2 aliphatic rings. The molecule has 13 heteroatoms. The van der Waals surface area contributed by atoms with Crippen LogP contribution in [0.1, 0.15) is 25.3 Å². The number of carbonyl (C=O) groups excluding carboxylic acids is 2. The summed E-state index contributed by atoms with van der Waals surface area (Å²) in [5.74, 6) is -3.79. The number of aromatic nitrogens is 1. The Hall–Kier alpha value is -3.61. The number of amides is 3. The zero-order valence-electron chi connectivity index (χ0n) is 17.9. The van der Waals surface area contributed by atoms with Crippen LogP contribution >= 0.6 is 0 Å². The van der Waals surface area contributed by atoms with Crippen LogP contribution in [0.15, 0.2) is 30.5 Å². The van der Waals surface area contributed by atoms with E-state index in [4.69, 9.17) is 15.0 Å². The molecular weight excluding hydrogens is 461 g/mol. The normalized spacial score (nSPS) is 17.8. The number of carboxylic acids is 2. The number of aliphatic carboxylic acids is 2. The van der Waals surface area contributed by atoms with Crippen LogP contribution in [0.3, 0.4) is 0 Å². The molecule has 0 spiro atoms. The van der Waals surface area contributed by atoms with Crippen LogP contribution < -0.4 is 10.2 Å². The molecule has 0 atom stereocenters. The fourth-order valence-electron chi connectivity index (χ4n) is 4.07. The number of benzene rings is 1. The van der Waals surface area contributed by atoms with Gasteiger partial charge in [-0.05, 0) is 31.0 Å². The number of hydrogen-bond donors (Lipinski definition) is 3. The molecule has 2 aromatic rings. The minimum atomic E-state index is -5.08. The van der Waals surface area contributed by atoms with Crippen LogP contribution in [0.4, 0.5) is 23.7 Å². The lowest BCUT2D eigenvalue weighted by molar-refractivity contribution is -0.192. The number of piperidine rings is 1. The second-order valence-electron chi connectivity index (χ2n) is 7.89. The zero-order chi connectivity index (χ0) is 25.0. The number of imide groups is 1. The van der Waals surface area contributed by atoms with Gasteiger partial charge >= 0.3 is 24.1 Å². The molecule has 0 saturated carbocycles. The van der Waals surface area contributed by atoms with Gasteiger partial charge in [-0.3, -0.25) is 24.7 Å². The fourth-order valence-corrected chi connectivity index (χ4v) is 4.07. The third kappa shape index (κ3) is 5.84. The Balaban J connectivity index is 0.000000406. The van der Waals surface area contributed by atoms with Crippen molar-refractivity contribution in [2.75, 3.05) is 31.1 Å². The van der Waals surface area contributed by atoms with Crippen molar-refractivity contribution in [3.63, 3.8) is 0 Å². The number of nitrogens with one attached hydrogen (secondary N) is 1. The van der Waals surface area contributed by atoms with Crippen LogP contribution in [0.2, 0.25) is 0 Å². The predicted molar refractivity (Wildman–Crippen MR) is 113 cm³/mol. The first-order valence-corrected chi connectivity index (χ1v) is 10.4. The van der Waals surface area contributed by atoms with Crippen molar-refractivity contribution in [2.24, 2.45) is 0 Å². The van der Waals surface area contributed by atoms with Crippen LogP contribution in [0.5, 0.6) is 0 Å². The van der Waals surface area contributed by atoms with Gasteiger partial charge in [-0.25, -0.2) is 9.59 Å². The molecule has 0 radical (unpaired) electrons. The Bertz CT molecular complexity index is 1090.